The zero-order valence-corrected chi connectivity index (χ0v) is 11.3. The van der Waals surface area contributed by atoms with Gasteiger partial charge in [-0.25, -0.2) is 0 Å². The molecule has 0 bridgehead atoms. The molecule has 1 rings (SSSR count). The molecular weight excluding hydrogens is 214 g/mol. The number of unbranched alkanes of at least 4 members (excludes halogenated alkanes) is 1. The number of hydrogen-bond acceptors (Lipinski definition) is 3. The van der Waals surface area contributed by atoms with Crippen LogP contribution in [-0.4, -0.2) is 18.1 Å². The van der Waals surface area contributed by atoms with Crippen molar-refractivity contribution in [2.24, 2.45) is 11.7 Å². The smallest absolute Gasteiger partial charge is 0.323 e. The van der Waals surface area contributed by atoms with Gasteiger partial charge < -0.3 is 10.5 Å². The first-order chi connectivity index (χ1) is 8.17. The van der Waals surface area contributed by atoms with E-state index in [1.54, 1.807) is 0 Å². The third-order valence-corrected chi connectivity index (χ3v) is 3.77. The Morgan fingerprint density at radius 2 is 2.18 bits per heavy atom. The van der Waals surface area contributed by atoms with Crippen molar-refractivity contribution in [1.82, 2.24) is 0 Å². The van der Waals surface area contributed by atoms with Crippen LogP contribution in [0, 0.1) is 5.92 Å². The molecule has 1 aliphatic rings. The van der Waals surface area contributed by atoms with Crippen LogP contribution in [0.15, 0.2) is 0 Å². The van der Waals surface area contributed by atoms with E-state index in [1.165, 1.54) is 19.3 Å². The molecule has 0 aromatic carbocycles. The summed E-state index contributed by atoms with van der Waals surface area (Å²) in [4.78, 5) is 11.8. The maximum Gasteiger partial charge on any atom is 0.323 e. The molecule has 1 saturated carbocycles. The largest absolute Gasteiger partial charge is 0.461 e. The molecule has 3 atom stereocenters. The van der Waals surface area contributed by atoms with E-state index in [-0.39, 0.29) is 12.1 Å². The summed E-state index contributed by atoms with van der Waals surface area (Å²) in [5.41, 5.74) is 5.81. The van der Waals surface area contributed by atoms with Gasteiger partial charge in [-0.15, -0.1) is 0 Å². The van der Waals surface area contributed by atoms with Gasteiger partial charge >= 0.3 is 5.97 Å². The van der Waals surface area contributed by atoms with Gasteiger partial charge in [-0.1, -0.05) is 39.5 Å². The highest BCUT2D eigenvalue weighted by atomic mass is 16.5. The lowest BCUT2D eigenvalue weighted by Crippen LogP contribution is -2.36. The minimum atomic E-state index is -0.419. The summed E-state index contributed by atoms with van der Waals surface area (Å²) in [5.74, 6) is 0.536. The molecule has 0 aromatic rings. The van der Waals surface area contributed by atoms with Crippen LogP contribution >= 0.6 is 0 Å². The summed E-state index contributed by atoms with van der Waals surface area (Å²) in [6.07, 6.45) is 8.64. The van der Waals surface area contributed by atoms with E-state index in [4.69, 9.17) is 10.5 Å². The summed E-state index contributed by atoms with van der Waals surface area (Å²) >= 11 is 0. The number of hydrogen-bond donors (Lipinski definition) is 1. The molecule has 0 radical (unpaired) electrons. The standard InChI is InChI=1S/C14H27NO2/c1-3-5-9-13(15)14(16)17-12-8-6-7-11(4-2)10-12/h11-13H,3-10,15H2,1-2H3. The minimum Gasteiger partial charge on any atom is -0.461 e. The Labute approximate surface area is 105 Å². The summed E-state index contributed by atoms with van der Waals surface area (Å²) in [6.45, 7) is 4.31. The van der Waals surface area contributed by atoms with Crippen molar-refractivity contribution in [2.45, 2.75) is 77.4 Å². The number of carbonyl (C=O) groups excluding carboxylic acids is 1. The predicted octanol–water partition coefficient (Wildman–Crippen LogP) is 3.02. The van der Waals surface area contributed by atoms with Crippen molar-refractivity contribution in [3.63, 3.8) is 0 Å². The highest BCUT2D eigenvalue weighted by Gasteiger charge is 2.25. The summed E-state index contributed by atoms with van der Waals surface area (Å²) in [6, 6.07) is -0.419. The summed E-state index contributed by atoms with van der Waals surface area (Å²) in [7, 11) is 0. The SMILES string of the molecule is CCCCC(N)C(=O)OC1CCCC(CC)C1. The highest BCUT2D eigenvalue weighted by molar-refractivity contribution is 5.75. The number of rotatable bonds is 6. The van der Waals surface area contributed by atoms with E-state index in [2.05, 4.69) is 13.8 Å². The number of ether oxygens (including phenoxy) is 1. The van der Waals surface area contributed by atoms with Gasteiger partial charge in [0.15, 0.2) is 0 Å². The van der Waals surface area contributed by atoms with Crippen molar-refractivity contribution in [1.29, 1.82) is 0 Å². The Hall–Kier alpha value is -0.570. The molecule has 1 aliphatic carbocycles. The molecule has 0 aromatic heterocycles. The van der Waals surface area contributed by atoms with Gasteiger partial charge in [0, 0.05) is 0 Å². The third kappa shape index (κ3) is 5.07. The molecule has 2 N–H and O–H groups in total. The molecular formula is C14H27NO2. The Kier molecular flexibility index (Phi) is 6.56. The Morgan fingerprint density at radius 3 is 2.82 bits per heavy atom. The van der Waals surface area contributed by atoms with Crippen LogP contribution < -0.4 is 5.73 Å². The fourth-order valence-corrected chi connectivity index (χ4v) is 2.51. The molecule has 3 nitrogen and oxygen atoms in total. The van der Waals surface area contributed by atoms with Crippen LogP contribution in [-0.2, 0) is 9.53 Å². The molecule has 1 fully saturated rings. The van der Waals surface area contributed by atoms with Gasteiger partial charge in [-0.3, -0.25) is 4.79 Å². The summed E-state index contributed by atoms with van der Waals surface area (Å²) in [5, 5.41) is 0. The fraction of sp³-hybridized carbons (Fsp3) is 0.929. The van der Waals surface area contributed by atoms with Gasteiger partial charge in [-0.05, 0) is 31.6 Å². The van der Waals surface area contributed by atoms with Gasteiger partial charge in [-0.2, -0.15) is 0 Å². The lowest BCUT2D eigenvalue weighted by molar-refractivity contribution is -0.153. The zero-order valence-electron chi connectivity index (χ0n) is 11.3. The quantitative estimate of drug-likeness (QED) is 0.727. The molecule has 100 valence electrons. The maximum atomic E-state index is 11.8. The van der Waals surface area contributed by atoms with Gasteiger partial charge in [0.05, 0.1) is 0 Å². The van der Waals surface area contributed by atoms with Crippen molar-refractivity contribution in [2.75, 3.05) is 0 Å². The van der Waals surface area contributed by atoms with Crippen molar-refractivity contribution in [3.05, 3.63) is 0 Å². The van der Waals surface area contributed by atoms with Crippen LogP contribution in [0.5, 0.6) is 0 Å². The normalized spacial score (nSPS) is 26.5. The van der Waals surface area contributed by atoms with Gasteiger partial charge in [0.25, 0.3) is 0 Å². The van der Waals surface area contributed by atoms with E-state index < -0.39 is 6.04 Å². The highest BCUT2D eigenvalue weighted by Crippen LogP contribution is 2.28. The second kappa shape index (κ2) is 7.70. The average Bonchev–Trinajstić information content (AvgIpc) is 2.36. The van der Waals surface area contributed by atoms with E-state index in [9.17, 15) is 4.79 Å². The molecule has 0 spiro atoms. The molecule has 0 saturated heterocycles. The molecule has 0 amide bonds. The van der Waals surface area contributed by atoms with Crippen LogP contribution in [0.1, 0.15) is 65.2 Å². The predicted molar refractivity (Wildman–Crippen MR) is 69.6 cm³/mol. The fourth-order valence-electron chi connectivity index (χ4n) is 2.51. The van der Waals surface area contributed by atoms with E-state index in [0.717, 1.165) is 38.0 Å². The number of carbonyl (C=O) groups is 1. The number of nitrogens with two attached hydrogens (primary N) is 1. The van der Waals surface area contributed by atoms with Crippen LogP contribution in [0.3, 0.4) is 0 Å². The van der Waals surface area contributed by atoms with E-state index >= 15 is 0 Å². The van der Waals surface area contributed by atoms with Crippen molar-refractivity contribution < 1.29 is 9.53 Å². The summed E-state index contributed by atoms with van der Waals surface area (Å²) < 4.78 is 5.52. The minimum absolute atomic E-state index is 0.119. The molecule has 3 unspecified atom stereocenters. The van der Waals surface area contributed by atoms with Crippen LogP contribution in [0.2, 0.25) is 0 Å². The zero-order chi connectivity index (χ0) is 12.7. The first-order valence-corrected chi connectivity index (χ1v) is 7.13. The Bertz CT molecular complexity index is 230. The van der Waals surface area contributed by atoms with Gasteiger partial charge in [0.2, 0.25) is 0 Å². The molecule has 0 aliphatic heterocycles. The van der Waals surface area contributed by atoms with Crippen LogP contribution in [0.25, 0.3) is 0 Å². The lowest BCUT2D eigenvalue weighted by atomic mass is 9.85. The second-order valence-electron chi connectivity index (χ2n) is 5.25. The third-order valence-electron chi connectivity index (χ3n) is 3.77. The molecule has 17 heavy (non-hydrogen) atoms. The lowest BCUT2D eigenvalue weighted by Gasteiger charge is -2.29. The second-order valence-corrected chi connectivity index (χ2v) is 5.25. The first-order valence-electron chi connectivity index (χ1n) is 7.13. The Morgan fingerprint density at radius 1 is 1.41 bits per heavy atom. The first kappa shape index (κ1) is 14.5. The van der Waals surface area contributed by atoms with E-state index in [1.807, 2.05) is 0 Å². The monoisotopic (exact) mass is 241 g/mol. The molecule has 3 heteroatoms. The molecule has 0 heterocycles. The topological polar surface area (TPSA) is 52.3 Å². The number of esters is 1. The van der Waals surface area contributed by atoms with E-state index in [0.29, 0.717) is 0 Å². The maximum absolute atomic E-state index is 11.8. The Balaban J connectivity index is 2.29. The van der Waals surface area contributed by atoms with Gasteiger partial charge in [0.1, 0.15) is 12.1 Å². The van der Waals surface area contributed by atoms with Crippen molar-refractivity contribution >= 4 is 5.97 Å². The van der Waals surface area contributed by atoms with Crippen LogP contribution in [0.4, 0.5) is 0 Å². The van der Waals surface area contributed by atoms with Crippen molar-refractivity contribution in [3.8, 4) is 0 Å². The average molecular weight is 241 g/mol.